The van der Waals surface area contributed by atoms with Crippen LogP contribution < -0.4 is 5.32 Å². The SMILES string of the molecule is Cc1nnc2sc(-c3ccc(NC(=O)c4ccccc4[N+](=O)[O-])cc3)nn12. The molecule has 0 bridgehead atoms. The number of aromatic nitrogens is 4. The number of hydrogen-bond donors (Lipinski definition) is 1. The number of nitro groups is 1. The van der Waals surface area contributed by atoms with Gasteiger partial charge in [-0.1, -0.05) is 23.5 Å². The van der Waals surface area contributed by atoms with Crippen molar-refractivity contribution in [3.05, 3.63) is 70.0 Å². The predicted octanol–water partition coefficient (Wildman–Crippen LogP) is 3.32. The lowest BCUT2D eigenvalue weighted by molar-refractivity contribution is -0.385. The minimum absolute atomic E-state index is 0.00991. The van der Waals surface area contributed by atoms with Gasteiger partial charge in [0.05, 0.1) is 4.92 Å². The Balaban J connectivity index is 1.56. The van der Waals surface area contributed by atoms with Gasteiger partial charge < -0.3 is 5.32 Å². The minimum Gasteiger partial charge on any atom is -0.322 e. The molecule has 0 saturated carbocycles. The summed E-state index contributed by atoms with van der Waals surface area (Å²) in [6.07, 6.45) is 0. The molecule has 134 valence electrons. The summed E-state index contributed by atoms with van der Waals surface area (Å²) < 4.78 is 1.67. The highest BCUT2D eigenvalue weighted by Gasteiger charge is 2.19. The van der Waals surface area contributed by atoms with E-state index in [4.69, 9.17) is 0 Å². The molecule has 27 heavy (non-hydrogen) atoms. The van der Waals surface area contributed by atoms with Crippen LogP contribution >= 0.6 is 11.3 Å². The lowest BCUT2D eigenvalue weighted by atomic mass is 10.1. The summed E-state index contributed by atoms with van der Waals surface area (Å²) in [6.45, 7) is 1.82. The maximum absolute atomic E-state index is 12.4. The van der Waals surface area contributed by atoms with E-state index in [2.05, 4.69) is 20.6 Å². The molecule has 0 saturated heterocycles. The molecule has 1 N–H and O–H groups in total. The number of benzene rings is 2. The van der Waals surface area contributed by atoms with E-state index in [9.17, 15) is 14.9 Å². The second-order valence-corrected chi connectivity index (χ2v) is 6.61. The van der Waals surface area contributed by atoms with Crippen molar-refractivity contribution in [2.45, 2.75) is 6.92 Å². The Morgan fingerprint density at radius 1 is 1.15 bits per heavy atom. The van der Waals surface area contributed by atoms with Crippen molar-refractivity contribution in [2.24, 2.45) is 0 Å². The van der Waals surface area contributed by atoms with Crippen LogP contribution in [0.4, 0.5) is 11.4 Å². The molecule has 4 rings (SSSR count). The number of carbonyl (C=O) groups excluding carboxylic acids is 1. The van der Waals surface area contributed by atoms with Gasteiger partial charge in [0.15, 0.2) is 5.82 Å². The highest BCUT2D eigenvalue weighted by Crippen LogP contribution is 2.27. The van der Waals surface area contributed by atoms with E-state index in [-0.39, 0.29) is 11.3 Å². The fraction of sp³-hybridized carbons (Fsp3) is 0.0588. The van der Waals surface area contributed by atoms with Crippen molar-refractivity contribution in [2.75, 3.05) is 5.32 Å². The quantitative estimate of drug-likeness (QED) is 0.429. The summed E-state index contributed by atoms with van der Waals surface area (Å²) in [6, 6.07) is 12.9. The third-order valence-corrected chi connectivity index (χ3v) is 4.83. The Morgan fingerprint density at radius 2 is 1.89 bits per heavy atom. The van der Waals surface area contributed by atoms with Gasteiger partial charge in [-0.05, 0) is 37.3 Å². The highest BCUT2D eigenvalue weighted by atomic mass is 32.1. The average Bonchev–Trinajstić information content (AvgIpc) is 3.24. The number of anilines is 1. The number of carbonyl (C=O) groups is 1. The van der Waals surface area contributed by atoms with Gasteiger partial charge in [0.1, 0.15) is 10.6 Å². The number of hydrogen-bond acceptors (Lipinski definition) is 7. The van der Waals surface area contributed by atoms with Gasteiger partial charge in [-0.15, -0.1) is 10.2 Å². The van der Waals surface area contributed by atoms with E-state index in [0.29, 0.717) is 16.5 Å². The van der Waals surface area contributed by atoms with E-state index < -0.39 is 10.8 Å². The number of rotatable bonds is 4. The van der Waals surface area contributed by atoms with Crippen LogP contribution in [0, 0.1) is 17.0 Å². The molecule has 0 spiro atoms. The molecule has 10 heteroatoms. The number of nitrogens with zero attached hydrogens (tertiary/aromatic N) is 5. The zero-order chi connectivity index (χ0) is 19.0. The average molecular weight is 380 g/mol. The van der Waals surface area contributed by atoms with Crippen LogP contribution in [0.1, 0.15) is 16.2 Å². The number of nitro benzene ring substituents is 1. The molecule has 4 aromatic rings. The fourth-order valence-corrected chi connectivity index (χ4v) is 3.44. The van der Waals surface area contributed by atoms with Gasteiger partial charge >= 0.3 is 0 Å². The van der Waals surface area contributed by atoms with Gasteiger partial charge in [-0.2, -0.15) is 9.61 Å². The standard InChI is InChI=1S/C17H12N6O3S/c1-10-19-20-17-22(10)21-16(27-17)11-6-8-12(9-7-11)18-15(24)13-4-2-3-5-14(13)23(25)26/h2-9H,1H3,(H,18,24). The van der Waals surface area contributed by atoms with Crippen molar-refractivity contribution >= 4 is 33.6 Å². The third-order valence-electron chi connectivity index (χ3n) is 3.88. The Morgan fingerprint density at radius 3 is 2.59 bits per heavy atom. The molecule has 1 amide bonds. The molecule has 0 atom stereocenters. The van der Waals surface area contributed by atoms with Gasteiger partial charge in [-0.25, -0.2) is 0 Å². The summed E-state index contributed by atoms with van der Waals surface area (Å²) in [5, 5.41) is 27.0. The molecule has 2 aromatic carbocycles. The van der Waals surface area contributed by atoms with Crippen molar-refractivity contribution in [3.63, 3.8) is 0 Å². The summed E-state index contributed by atoms with van der Waals surface area (Å²) >= 11 is 1.41. The van der Waals surface area contributed by atoms with E-state index in [1.165, 1.54) is 29.5 Å². The van der Waals surface area contributed by atoms with Crippen molar-refractivity contribution < 1.29 is 9.72 Å². The maximum Gasteiger partial charge on any atom is 0.282 e. The van der Waals surface area contributed by atoms with Crippen molar-refractivity contribution in [1.82, 2.24) is 19.8 Å². The second kappa shape index (κ2) is 6.57. The van der Waals surface area contributed by atoms with E-state index >= 15 is 0 Å². The molecule has 0 fully saturated rings. The van der Waals surface area contributed by atoms with E-state index in [1.807, 2.05) is 19.1 Å². The third kappa shape index (κ3) is 3.13. The monoisotopic (exact) mass is 380 g/mol. The Hall–Kier alpha value is -3.66. The molecule has 0 aliphatic rings. The number of para-hydroxylation sites is 1. The van der Waals surface area contributed by atoms with Crippen LogP contribution in [0.3, 0.4) is 0 Å². The van der Waals surface area contributed by atoms with Crippen LogP contribution in [0.2, 0.25) is 0 Å². The topological polar surface area (TPSA) is 115 Å². The Bertz CT molecular complexity index is 1170. The zero-order valence-electron chi connectivity index (χ0n) is 14.0. The molecule has 0 radical (unpaired) electrons. The van der Waals surface area contributed by atoms with Gasteiger partial charge in [0.25, 0.3) is 11.6 Å². The first kappa shape index (κ1) is 16.8. The Kier molecular flexibility index (Phi) is 4.09. The van der Waals surface area contributed by atoms with Crippen molar-refractivity contribution in [1.29, 1.82) is 0 Å². The van der Waals surface area contributed by atoms with Crippen LogP contribution in [-0.4, -0.2) is 30.6 Å². The van der Waals surface area contributed by atoms with Crippen LogP contribution in [0.5, 0.6) is 0 Å². The summed E-state index contributed by atoms with van der Waals surface area (Å²) in [5.74, 6) is 0.172. The first-order chi connectivity index (χ1) is 13.0. The molecule has 0 unspecified atom stereocenters. The van der Waals surface area contributed by atoms with E-state index in [0.717, 1.165) is 10.6 Å². The van der Waals surface area contributed by atoms with Gasteiger partial charge in [0.2, 0.25) is 4.96 Å². The largest absolute Gasteiger partial charge is 0.322 e. The first-order valence-corrected chi connectivity index (χ1v) is 8.68. The normalized spacial score (nSPS) is 10.9. The molecule has 0 aliphatic carbocycles. The lowest BCUT2D eigenvalue weighted by Gasteiger charge is -2.06. The van der Waals surface area contributed by atoms with Gasteiger partial charge in [-0.3, -0.25) is 14.9 Å². The van der Waals surface area contributed by atoms with Crippen LogP contribution in [0.15, 0.2) is 48.5 Å². The first-order valence-electron chi connectivity index (χ1n) is 7.87. The number of aryl methyl sites for hydroxylation is 1. The smallest absolute Gasteiger partial charge is 0.282 e. The highest BCUT2D eigenvalue weighted by molar-refractivity contribution is 7.19. The minimum atomic E-state index is -0.576. The number of nitrogens with one attached hydrogen (secondary N) is 1. The molecule has 0 aliphatic heterocycles. The zero-order valence-corrected chi connectivity index (χ0v) is 14.8. The molecule has 2 aromatic heterocycles. The summed E-state index contributed by atoms with van der Waals surface area (Å²) in [4.78, 5) is 23.6. The summed E-state index contributed by atoms with van der Waals surface area (Å²) in [5.41, 5.74) is 1.17. The Labute approximate surface area is 156 Å². The van der Waals surface area contributed by atoms with Crippen LogP contribution in [-0.2, 0) is 0 Å². The second-order valence-electron chi connectivity index (χ2n) is 5.65. The summed E-state index contributed by atoms with van der Waals surface area (Å²) in [7, 11) is 0. The molecule has 9 nitrogen and oxygen atoms in total. The van der Waals surface area contributed by atoms with Gasteiger partial charge in [0, 0.05) is 17.3 Å². The lowest BCUT2D eigenvalue weighted by Crippen LogP contribution is -2.13. The predicted molar refractivity (Wildman–Crippen MR) is 99.9 cm³/mol. The number of amides is 1. The molecule has 2 heterocycles. The fourth-order valence-electron chi connectivity index (χ4n) is 2.55. The maximum atomic E-state index is 12.4. The molecular weight excluding hydrogens is 368 g/mol. The molecular formula is C17H12N6O3S. The van der Waals surface area contributed by atoms with E-state index in [1.54, 1.807) is 22.7 Å². The van der Waals surface area contributed by atoms with Crippen molar-refractivity contribution in [3.8, 4) is 10.6 Å². The number of fused-ring (bicyclic) bond motifs is 1. The van der Waals surface area contributed by atoms with Crippen LogP contribution in [0.25, 0.3) is 15.5 Å².